The third-order valence-electron chi connectivity index (χ3n) is 5.76. The molecular weight excluding hydrogens is 354 g/mol. The first-order valence-electron chi connectivity index (χ1n) is 11.2. The summed E-state index contributed by atoms with van der Waals surface area (Å²) in [6, 6.07) is 25.5. The summed E-state index contributed by atoms with van der Waals surface area (Å²) in [5.41, 5.74) is 4.68. The van der Waals surface area contributed by atoms with Crippen LogP contribution in [0.5, 0.6) is 0 Å². The van der Waals surface area contributed by atoms with Crippen molar-refractivity contribution in [2.45, 2.75) is 26.1 Å². The van der Waals surface area contributed by atoms with Crippen LogP contribution < -0.4 is 0 Å². The highest BCUT2D eigenvalue weighted by molar-refractivity contribution is 6.06. The molecule has 0 amide bonds. The molecule has 0 fully saturated rings. The Bertz CT molecular complexity index is 1430. The average Bonchev–Trinajstić information content (AvgIpc) is 3.16. The maximum Gasteiger partial charge on any atom is 0.135 e. The van der Waals surface area contributed by atoms with E-state index in [-0.39, 0.29) is 11.0 Å². The van der Waals surface area contributed by atoms with Crippen molar-refractivity contribution in [3.05, 3.63) is 102 Å². The molecule has 29 heavy (non-hydrogen) atoms. The predicted molar refractivity (Wildman–Crippen MR) is 120 cm³/mol. The fourth-order valence-corrected chi connectivity index (χ4v) is 3.93. The van der Waals surface area contributed by atoms with E-state index in [1.54, 1.807) is 12.3 Å². The van der Waals surface area contributed by atoms with Gasteiger partial charge in [-0.1, -0.05) is 68.4 Å². The third-order valence-corrected chi connectivity index (χ3v) is 5.76. The molecule has 2 heterocycles. The van der Waals surface area contributed by atoms with E-state index in [1.165, 1.54) is 0 Å². The van der Waals surface area contributed by atoms with Crippen LogP contribution in [0.25, 0.3) is 33.2 Å². The summed E-state index contributed by atoms with van der Waals surface area (Å²) in [4.78, 5) is 4.69. The number of aryl methyl sites for hydroxylation is 1. The van der Waals surface area contributed by atoms with Gasteiger partial charge >= 0.3 is 0 Å². The molecule has 0 bridgehead atoms. The minimum atomic E-state index is -2.29. The second-order valence-electron chi connectivity index (χ2n) is 7.92. The van der Waals surface area contributed by atoms with Crippen LogP contribution in [0.4, 0.5) is 0 Å². The zero-order valence-corrected chi connectivity index (χ0v) is 16.4. The second kappa shape index (κ2) is 6.59. The van der Waals surface area contributed by atoms with Gasteiger partial charge in [0.1, 0.15) is 11.2 Å². The van der Waals surface area contributed by atoms with Crippen molar-refractivity contribution in [1.82, 2.24) is 4.98 Å². The lowest BCUT2D eigenvalue weighted by Gasteiger charge is -2.26. The molecule has 0 aliphatic heterocycles. The fourth-order valence-electron chi connectivity index (χ4n) is 3.93. The Morgan fingerprint density at radius 1 is 0.793 bits per heavy atom. The lowest BCUT2D eigenvalue weighted by Crippen LogP contribution is -2.19. The number of nitrogens with zero attached hydrogens (tertiary/aromatic N) is 1. The number of aromatic nitrogens is 1. The monoisotopic (exact) mass is 380 g/mol. The van der Waals surface area contributed by atoms with Gasteiger partial charge < -0.3 is 4.42 Å². The maximum absolute atomic E-state index is 8.21. The van der Waals surface area contributed by atoms with Crippen LogP contribution in [0.15, 0.2) is 89.5 Å². The summed E-state index contributed by atoms with van der Waals surface area (Å²) in [6.07, 6.45) is 1.80. The lowest BCUT2D eigenvalue weighted by atomic mass is 9.78. The van der Waals surface area contributed by atoms with E-state index in [0.29, 0.717) is 5.69 Å². The van der Waals surface area contributed by atoms with E-state index in [4.69, 9.17) is 8.53 Å². The number of fused-ring (bicyclic) bond motifs is 3. The van der Waals surface area contributed by atoms with Gasteiger partial charge in [-0.15, -0.1) is 0 Å². The molecule has 2 heteroatoms. The van der Waals surface area contributed by atoms with Crippen LogP contribution in [0.2, 0.25) is 0 Å². The average molecular weight is 381 g/mol. The lowest BCUT2D eigenvalue weighted by molar-refractivity contribution is 0.637. The summed E-state index contributed by atoms with van der Waals surface area (Å²) < 4.78 is 30.5. The summed E-state index contributed by atoms with van der Waals surface area (Å²) in [5, 5.41) is 1.95. The minimum Gasteiger partial charge on any atom is -0.456 e. The van der Waals surface area contributed by atoms with Gasteiger partial charge in [-0.3, -0.25) is 4.98 Å². The van der Waals surface area contributed by atoms with E-state index >= 15 is 0 Å². The first kappa shape index (κ1) is 14.6. The quantitative estimate of drug-likeness (QED) is 0.329. The zero-order valence-electron chi connectivity index (χ0n) is 19.4. The maximum atomic E-state index is 8.21. The summed E-state index contributed by atoms with van der Waals surface area (Å²) in [6.45, 7) is 1.89. The molecule has 0 aliphatic carbocycles. The molecule has 0 N–H and O–H groups in total. The molecular formula is C27H23NO. The number of benzene rings is 3. The summed E-state index contributed by atoms with van der Waals surface area (Å²) in [7, 11) is 0. The van der Waals surface area contributed by atoms with Crippen LogP contribution >= 0.6 is 0 Å². The smallest absolute Gasteiger partial charge is 0.135 e. The Morgan fingerprint density at radius 3 is 2.38 bits per heavy atom. The van der Waals surface area contributed by atoms with Gasteiger partial charge in [-0.05, 0) is 47.8 Å². The molecule has 3 aromatic carbocycles. The number of pyridine rings is 1. The van der Waals surface area contributed by atoms with Gasteiger partial charge in [0, 0.05) is 32.1 Å². The molecule has 2 nitrogen and oxygen atoms in total. The molecule has 0 saturated heterocycles. The predicted octanol–water partition coefficient (Wildman–Crippen LogP) is 7.28. The van der Waals surface area contributed by atoms with E-state index in [9.17, 15) is 0 Å². The van der Waals surface area contributed by atoms with Crippen LogP contribution in [0.3, 0.4) is 0 Å². The molecule has 142 valence electrons. The standard InChI is InChI=1S/C27H23NO/c1-18-15-21(27(2,3)20-9-5-4-6-10-20)17-28-26(18)19-13-14-25-23(16-19)22-11-7-8-12-24(22)29-25/h4-17H,1-3H3/i1D3. The molecule has 0 radical (unpaired) electrons. The van der Waals surface area contributed by atoms with Crippen molar-refractivity contribution in [1.29, 1.82) is 0 Å². The van der Waals surface area contributed by atoms with E-state index in [2.05, 4.69) is 31.0 Å². The van der Waals surface area contributed by atoms with E-state index in [1.807, 2.05) is 60.7 Å². The molecule has 0 saturated carbocycles. The normalized spacial score (nSPS) is 13.9. The minimum absolute atomic E-state index is 0.256. The summed E-state index contributed by atoms with van der Waals surface area (Å²) >= 11 is 0. The highest BCUT2D eigenvalue weighted by atomic mass is 16.3. The van der Waals surface area contributed by atoms with Crippen molar-refractivity contribution in [2.75, 3.05) is 0 Å². The fraction of sp³-hybridized carbons (Fsp3) is 0.148. The third kappa shape index (κ3) is 2.92. The number of hydrogen-bond acceptors (Lipinski definition) is 2. The molecule has 0 spiro atoms. The van der Waals surface area contributed by atoms with Gasteiger partial charge in [0.05, 0.1) is 5.69 Å². The second-order valence-corrected chi connectivity index (χ2v) is 7.92. The van der Waals surface area contributed by atoms with Crippen LogP contribution in [0.1, 0.15) is 34.7 Å². The van der Waals surface area contributed by atoms with Gasteiger partial charge in [-0.2, -0.15) is 0 Å². The SMILES string of the molecule is [2H]C([2H])([2H])c1cc(C(C)(C)c2ccccc2)cnc1-c1ccc2oc3ccccc3c2c1. The largest absolute Gasteiger partial charge is 0.456 e. The molecule has 5 rings (SSSR count). The van der Waals surface area contributed by atoms with Gasteiger partial charge in [0.25, 0.3) is 0 Å². The van der Waals surface area contributed by atoms with Crippen LogP contribution in [0, 0.1) is 6.85 Å². The molecule has 5 aromatic rings. The van der Waals surface area contributed by atoms with Crippen LogP contribution in [-0.4, -0.2) is 4.98 Å². The Balaban J connectivity index is 1.68. The van der Waals surface area contributed by atoms with Crippen LogP contribution in [-0.2, 0) is 5.41 Å². The topological polar surface area (TPSA) is 26.0 Å². The summed E-state index contributed by atoms with van der Waals surface area (Å²) in [5.74, 6) is 0. The number of para-hydroxylation sites is 1. The molecule has 0 atom stereocenters. The number of rotatable bonds is 3. The molecule has 0 aliphatic rings. The highest BCUT2D eigenvalue weighted by Crippen LogP contribution is 2.35. The van der Waals surface area contributed by atoms with Crippen molar-refractivity contribution >= 4 is 21.9 Å². The van der Waals surface area contributed by atoms with Gasteiger partial charge in [0.15, 0.2) is 0 Å². The van der Waals surface area contributed by atoms with Gasteiger partial charge in [-0.25, -0.2) is 0 Å². The first-order valence-corrected chi connectivity index (χ1v) is 9.73. The van der Waals surface area contributed by atoms with Crippen molar-refractivity contribution in [2.24, 2.45) is 0 Å². The van der Waals surface area contributed by atoms with Crippen molar-refractivity contribution in [3.8, 4) is 11.3 Å². The highest BCUT2D eigenvalue weighted by Gasteiger charge is 2.24. The number of hydrogen-bond donors (Lipinski definition) is 0. The first-order chi connectivity index (χ1) is 15.2. The van der Waals surface area contributed by atoms with E-state index < -0.39 is 6.85 Å². The Morgan fingerprint density at radius 2 is 1.55 bits per heavy atom. The molecule has 0 unspecified atom stereocenters. The van der Waals surface area contributed by atoms with Crippen molar-refractivity contribution in [3.63, 3.8) is 0 Å². The zero-order chi connectivity index (χ0) is 22.5. The van der Waals surface area contributed by atoms with Gasteiger partial charge in [0.2, 0.25) is 0 Å². The Hall–Kier alpha value is -3.39. The Labute approximate surface area is 175 Å². The Kier molecular flexibility index (Phi) is 3.32. The number of furan rings is 1. The molecule has 2 aromatic heterocycles. The van der Waals surface area contributed by atoms with E-state index in [0.717, 1.165) is 38.6 Å². The van der Waals surface area contributed by atoms with Crippen molar-refractivity contribution < 1.29 is 8.53 Å².